The Kier molecular flexibility index (Phi) is 10.3. The summed E-state index contributed by atoms with van der Waals surface area (Å²) in [5.41, 5.74) is 2.65. The maximum Gasteiger partial charge on any atom is 0.408 e. The summed E-state index contributed by atoms with van der Waals surface area (Å²) >= 11 is 0. The molecule has 218 valence electrons. The highest BCUT2D eigenvalue weighted by Gasteiger charge is 2.36. The second kappa shape index (κ2) is 13.5. The number of amides is 3. The van der Waals surface area contributed by atoms with Crippen molar-refractivity contribution in [2.24, 2.45) is 5.92 Å². The van der Waals surface area contributed by atoms with Crippen molar-refractivity contribution in [3.63, 3.8) is 0 Å². The van der Waals surface area contributed by atoms with E-state index in [2.05, 4.69) is 17.2 Å². The van der Waals surface area contributed by atoms with Crippen LogP contribution in [0, 0.1) is 19.8 Å². The number of carbonyl (C=O) groups is 3. The van der Waals surface area contributed by atoms with Gasteiger partial charge in [0.05, 0.1) is 0 Å². The van der Waals surface area contributed by atoms with Crippen molar-refractivity contribution < 1.29 is 19.1 Å². The van der Waals surface area contributed by atoms with Gasteiger partial charge in [-0.3, -0.25) is 9.59 Å². The van der Waals surface area contributed by atoms with Crippen molar-refractivity contribution in [3.05, 3.63) is 90.0 Å². The van der Waals surface area contributed by atoms with Gasteiger partial charge in [-0.1, -0.05) is 68.5 Å². The molecule has 0 aromatic heterocycles. The van der Waals surface area contributed by atoms with Crippen molar-refractivity contribution in [1.82, 2.24) is 10.2 Å². The molecular formula is C34H43N3O4. The molecular weight excluding hydrogens is 514 g/mol. The molecule has 0 saturated carbocycles. The summed E-state index contributed by atoms with van der Waals surface area (Å²) < 4.78 is 5.46. The lowest BCUT2D eigenvalue weighted by molar-refractivity contribution is -0.140. The molecule has 2 unspecified atom stereocenters. The van der Waals surface area contributed by atoms with Gasteiger partial charge in [0.25, 0.3) is 5.91 Å². The fourth-order valence-corrected chi connectivity index (χ4v) is 4.69. The minimum absolute atomic E-state index is 0.0935. The Morgan fingerprint density at radius 2 is 1.63 bits per heavy atom. The van der Waals surface area contributed by atoms with Crippen LogP contribution in [0.15, 0.2) is 73.3 Å². The average molecular weight is 558 g/mol. The highest BCUT2D eigenvalue weighted by atomic mass is 16.6. The third-order valence-corrected chi connectivity index (χ3v) is 6.73. The minimum atomic E-state index is -0.971. The first-order valence-electron chi connectivity index (χ1n) is 14.1. The molecule has 0 saturated heterocycles. The maximum atomic E-state index is 14.2. The lowest BCUT2D eigenvalue weighted by Crippen LogP contribution is -2.52. The van der Waals surface area contributed by atoms with E-state index in [0.717, 1.165) is 21.9 Å². The van der Waals surface area contributed by atoms with Crippen LogP contribution in [0.1, 0.15) is 63.8 Å². The van der Waals surface area contributed by atoms with Gasteiger partial charge in [-0.25, -0.2) is 4.79 Å². The Balaban J connectivity index is 2.03. The summed E-state index contributed by atoms with van der Waals surface area (Å²) in [4.78, 5) is 42.5. The Hall–Kier alpha value is -4.13. The van der Waals surface area contributed by atoms with Crippen LogP contribution in [0.3, 0.4) is 0 Å². The summed E-state index contributed by atoms with van der Waals surface area (Å²) in [7, 11) is 0. The first-order chi connectivity index (χ1) is 19.3. The van der Waals surface area contributed by atoms with Gasteiger partial charge < -0.3 is 20.3 Å². The molecule has 0 aliphatic rings. The number of nitrogens with one attached hydrogen (secondary N) is 2. The fourth-order valence-electron chi connectivity index (χ4n) is 4.69. The largest absolute Gasteiger partial charge is 0.444 e. The minimum Gasteiger partial charge on any atom is -0.444 e. The van der Waals surface area contributed by atoms with E-state index in [-0.39, 0.29) is 24.3 Å². The maximum absolute atomic E-state index is 14.2. The zero-order valence-electron chi connectivity index (χ0n) is 25.3. The van der Waals surface area contributed by atoms with Gasteiger partial charge in [-0.05, 0) is 86.6 Å². The van der Waals surface area contributed by atoms with Gasteiger partial charge in [0.1, 0.15) is 17.7 Å². The van der Waals surface area contributed by atoms with Crippen LogP contribution in [0.4, 0.5) is 10.5 Å². The number of hydrogen-bond acceptors (Lipinski definition) is 4. The van der Waals surface area contributed by atoms with Crippen molar-refractivity contribution in [3.8, 4) is 0 Å². The summed E-state index contributed by atoms with van der Waals surface area (Å²) in [6.07, 6.45) is 1.28. The molecule has 2 N–H and O–H groups in total. The van der Waals surface area contributed by atoms with E-state index < -0.39 is 23.8 Å². The smallest absolute Gasteiger partial charge is 0.408 e. The molecule has 3 aromatic rings. The second-order valence-corrected chi connectivity index (χ2v) is 11.9. The van der Waals surface area contributed by atoms with E-state index >= 15 is 0 Å². The van der Waals surface area contributed by atoms with E-state index in [0.29, 0.717) is 17.7 Å². The molecule has 41 heavy (non-hydrogen) atoms. The molecule has 0 fully saturated rings. The number of anilines is 1. The molecule has 0 aliphatic heterocycles. The summed E-state index contributed by atoms with van der Waals surface area (Å²) in [5, 5.41) is 7.84. The molecule has 0 spiro atoms. The first kappa shape index (κ1) is 31.4. The van der Waals surface area contributed by atoms with Crippen LogP contribution in [-0.2, 0) is 14.3 Å². The summed E-state index contributed by atoms with van der Waals surface area (Å²) in [5.74, 6) is -0.656. The Morgan fingerprint density at radius 3 is 2.24 bits per heavy atom. The molecule has 0 aliphatic carbocycles. The zero-order valence-corrected chi connectivity index (χ0v) is 25.3. The molecule has 3 rings (SSSR count). The van der Waals surface area contributed by atoms with E-state index in [1.807, 2.05) is 88.4 Å². The summed E-state index contributed by atoms with van der Waals surface area (Å²) in [6.45, 7) is 17.2. The third-order valence-electron chi connectivity index (χ3n) is 6.73. The highest BCUT2D eigenvalue weighted by Crippen LogP contribution is 2.28. The molecule has 0 radical (unpaired) electrons. The lowest BCUT2D eigenvalue weighted by Gasteiger charge is -2.34. The van der Waals surface area contributed by atoms with Crippen LogP contribution < -0.4 is 10.6 Å². The van der Waals surface area contributed by atoms with Gasteiger partial charge in [0.15, 0.2) is 0 Å². The fraction of sp³-hybridized carbons (Fsp3) is 0.382. The molecule has 3 amide bonds. The molecule has 0 heterocycles. The van der Waals surface area contributed by atoms with Crippen molar-refractivity contribution >= 4 is 34.4 Å². The lowest BCUT2D eigenvalue weighted by atomic mass is 9.96. The number of benzene rings is 3. The number of fused-ring (bicyclic) bond motifs is 1. The Bertz CT molecular complexity index is 1410. The van der Waals surface area contributed by atoms with Crippen LogP contribution in [-0.4, -0.2) is 41.0 Å². The van der Waals surface area contributed by atoms with E-state index in [1.54, 1.807) is 26.8 Å². The van der Waals surface area contributed by atoms with Gasteiger partial charge >= 0.3 is 6.09 Å². The summed E-state index contributed by atoms with van der Waals surface area (Å²) in [6, 6.07) is 17.5. The van der Waals surface area contributed by atoms with Crippen LogP contribution in [0.2, 0.25) is 0 Å². The zero-order chi connectivity index (χ0) is 30.3. The van der Waals surface area contributed by atoms with E-state index in [1.165, 1.54) is 4.90 Å². The second-order valence-electron chi connectivity index (χ2n) is 11.9. The molecule has 7 nitrogen and oxygen atoms in total. The standard InChI is InChI=1S/C34H43N3O4/c1-9-18-37(32(39)29(19-22(2)3)36-33(40)41-34(6,7)8)30(27-15-14-23(4)24(5)20-27)31(38)35-28-17-16-25-12-10-11-13-26(25)21-28/h9-17,20-22,29-30H,1,18-19H2,2-8H3,(H,35,38)(H,36,40). The topological polar surface area (TPSA) is 87.7 Å². The first-order valence-corrected chi connectivity index (χ1v) is 14.1. The monoisotopic (exact) mass is 557 g/mol. The SMILES string of the molecule is C=CCN(C(=O)C(CC(C)C)NC(=O)OC(C)(C)C)C(C(=O)Nc1ccc2ccccc2c1)c1ccc(C)c(C)c1. The van der Waals surface area contributed by atoms with Crippen LogP contribution in [0.5, 0.6) is 0 Å². The Morgan fingerprint density at radius 1 is 0.951 bits per heavy atom. The van der Waals surface area contributed by atoms with Gasteiger partial charge in [0.2, 0.25) is 5.91 Å². The van der Waals surface area contributed by atoms with E-state index in [9.17, 15) is 14.4 Å². The number of nitrogens with zero attached hydrogens (tertiary/aromatic N) is 1. The third kappa shape index (κ3) is 8.68. The molecule has 0 bridgehead atoms. The van der Waals surface area contributed by atoms with Crippen molar-refractivity contribution in [2.45, 2.75) is 72.6 Å². The van der Waals surface area contributed by atoms with Crippen molar-refractivity contribution in [2.75, 3.05) is 11.9 Å². The number of rotatable bonds is 10. The number of aryl methyl sites for hydroxylation is 2. The predicted octanol–water partition coefficient (Wildman–Crippen LogP) is 7.09. The van der Waals surface area contributed by atoms with E-state index in [4.69, 9.17) is 4.74 Å². The number of carbonyl (C=O) groups excluding carboxylic acids is 3. The quantitative estimate of drug-likeness (QED) is 0.261. The number of hydrogen-bond donors (Lipinski definition) is 2. The van der Waals surface area contributed by atoms with Gasteiger partial charge in [-0.15, -0.1) is 6.58 Å². The molecule has 3 aromatic carbocycles. The van der Waals surface area contributed by atoms with Crippen LogP contribution >= 0.6 is 0 Å². The average Bonchev–Trinajstić information content (AvgIpc) is 2.88. The number of ether oxygens (including phenoxy) is 1. The predicted molar refractivity (Wildman–Crippen MR) is 166 cm³/mol. The van der Waals surface area contributed by atoms with Crippen LogP contribution in [0.25, 0.3) is 10.8 Å². The Labute approximate surface area is 244 Å². The highest BCUT2D eigenvalue weighted by molar-refractivity contribution is 6.00. The molecule has 2 atom stereocenters. The van der Waals surface area contributed by atoms with Crippen molar-refractivity contribution in [1.29, 1.82) is 0 Å². The normalized spacial score (nSPS) is 12.9. The molecule has 7 heteroatoms. The number of alkyl carbamates (subject to hydrolysis) is 1. The van der Waals surface area contributed by atoms with Gasteiger partial charge in [0, 0.05) is 12.2 Å². The van der Waals surface area contributed by atoms with Gasteiger partial charge in [-0.2, -0.15) is 0 Å².